The van der Waals surface area contributed by atoms with Crippen molar-refractivity contribution in [1.29, 1.82) is 0 Å². The fourth-order valence-corrected chi connectivity index (χ4v) is 1.50. The monoisotopic (exact) mass is 263 g/mol. The quantitative estimate of drug-likeness (QED) is 0.493. The first kappa shape index (κ1) is 16.8. The minimum absolute atomic E-state index is 0.270. The van der Waals surface area contributed by atoms with Gasteiger partial charge in [-0.15, -0.1) is 0 Å². The lowest BCUT2D eigenvalue weighted by Gasteiger charge is -2.32. The Kier molecular flexibility index (Phi) is 7.49. The first-order valence-electron chi connectivity index (χ1n) is 5.65. The minimum Gasteiger partial charge on any atom is -0.458 e. The van der Waals surface area contributed by atoms with E-state index in [1.54, 1.807) is 6.92 Å². The van der Waals surface area contributed by atoms with E-state index in [1.807, 2.05) is 0 Å². The lowest BCUT2D eigenvalue weighted by atomic mass is 9.95. The molecule has 18 heavy (non-hydrogen) atoms. The van der Waals surface area contributed by atoms with Crippen LogP contribution in [0, 0.1) is 5.92 Å². The summed E-state index contributed by atoms with van der Waals surface area (Å²) in [7, 11) is 0. The molecule has 0 rings (SSSR count). The van der Waals surface area contributed by atoms with Gasteiger partial charge in [-0.2, -0.15) is 0 Å². The molecule has 3 unspecified atom stereocenters. The van der Waals surface area contributed by atoms with E-state index in [1.165, 1.54) is 13.8 Å². The van der Waals surface area contributed by atoms with Crippen molar-refractivity contribution in [2.24, 2.45) is 11.7 Å². The van der Waals surface area contributed by atoms with Crippen molar-refractivity contribution in [3.63, 3.8) is 0 Å². The number of carbonyl (C=O) groups excluding carboxylic acids is 2. The third-order valence-corrected chi connectivity index (χ3v) is 2.41. The number of aliphatic hydroxyl groups is 2. The molecule has 0 aromatic rings. The predicted molar refractivity (Wildman–Crippen MR) is 62.4 cm³/mol. The highest BCUT2D eigenvalue weighted by Gasteiger charge is 2.36. The molecule has 4 N–H and O–H groups in total. The molecule has 0 saturated carbocycles. The molecular formula is C11H21NO6. The van der Waals surface area contributed by atoms with Gasteiger partial charge in [0.2, 0.25) is 0 Å². The van der Waals surface area contributed by atoms with Crippen LogP contribution in [0.1, 0.15) is 20.8 Å². The molecule has 0 heterocycles. The van der Waals surface area contributed by atoms with Crippen molar-refractivity contribution in [2.75, 3.05) is 13.2 Å². The Labute approximate surface area is 106 Å². The number of hydrogen-bond donors (Lipinski definition) is 3. The van der Waals surface area contributed by atoms with Crippen LogP contribution in [0.5, 0.6) is 0 Å². The van der Waals surface area contributed by atoms with Crippen LogP contribution >= 0.6 is 0 Å². The van der Waals surface area contributed by atoms with Gasteiger partial charge in [0.05, 0.1) is 12.6 Å². The highest BCUT2D eigenvalue weighted by Crippen LogP contribution is 2.17. The summed E-state index contributed by atoms with van der Waals surface area (Å²) in [5.74, 6) is -1.66. The van der Waals surface area contributed by atoms with Crippen LogP contribution < -0.4 is 5.73 Å². The average Bonchev–Trinajstić information content (AvgIpc) is 2.30. The van der Waals surface area contributed by atoms with Gasteiger partial charge in [0.15, 0.2) is 6.10 Å². The zero-order chi connectivity index (χ0) is 14.3. The van der Waals surface area contributed by atoms with Crippen LogP contribution in [0.25, 0.3) is 0 Å². The summed E-state index contributed by atoms with van der Waals surface area (Å²) in [6.45, 7) is 3.30. The molecule has 0 bridgehead atoms. The van der Waals surface area contributed by atoms with Crippen LogP contribution in [0.4, 0.5) is 0 Å². The Balaban J connectivity index is 5.04. The van der Waals surface area contributed by atoms with E-state index in [0.29, 0.717) is 0 Å². The molecule has 0 fully saturated rings. The molecule has 0 saturated heterocycles. The lowest BCUT2D eigenvalue weighted by molar-refractivity contribution is -0.173. The molecule has 7 nitrogen and oxygen atoms in total. The Morgan fingerprint density at radius 1 is 1.06 bits per heavy atom. The molecular weight excluding hydrogens is 242 g/mol. The van der Waals surface area contributed by atoms with Gasteiger partial charge in [-0.05, 0) is 0 Å². The van der Waals surface area contributed by atoms with Gasteiger partial charge in [-0.25, -0.2) is 0 Å². The molecule has 0 aliphatic carbocycles. The lowest BCUT2D eigenvalue weighted by Crippen LogP contribution is -2.52. The Morgan fingerprint density at radius 2 is 1.50 bits per heavy atom. The van der Waals surface area contributed by atoms with Gasteiger partial charge in [0.1, 0.15) is 6.10 Å². The fraction of sp³-hybridized carbons (Fsp3) is 0.818. The third-order valence-electron chi connectivity index (χ3n) is 2.41. The minimum atomic E-state index is -1.00. The molecule has 0 aromatic carbocycles. The van der Waals surface area contributed by atoms with Gasteiger partial charge in [-0.3, -0.25) is 9.59 Å². The van der Waals surface area contributed by atoms with Crippen LogP contribution in [-0.4, -0.2) is 53.6 Å². The summed E-state index contributed by atoms with van der Waals surface area (Å²) in [4.78, 5) is 22.0. The van der Waals surface area contributed by atoms with E-state index >= 15 is 0 Å². The molecule has 0 radical (unpaired) electrons. The van der Waals surface area contributed by atoms with Gasteiger partial charge in [0, 0.05) is 26.4 Å². The average molecular weight is 263 g/mol. The van der Waals surface area contributed by atoms with Crippen molar-refractivity contribution in [3.05, 3.63) is 0 Å². The van der Waals surface area contributed by atoms with Crippen molar-refractivity contribution in [3.8, 4) is 0 Å². The second-order valence-electron chi connectivity index (χ2n) is 4.15. The number of nitrogens with two attached hydrogens (primary N) is 1. The van der Waals surface area contributed by atoms with Gasteiger partial charge in [-0.1, -0.05) is 6.92 Å². The van der Waals surface area contributed by atoms with E-state index in [-0.39, 0.29) is 6.61 Å². The van der Waals surface area contributed by atoms with E-state index in [2.05, 4.69) is 0 Å². The summed E-state index contributed by atoms with van der Waals surface area (Å²) < 4.78 is 10.00. The van der Waals surface area contributed by atoms with Crippen LogP contribution in [0.2, 0.25) is 0 Å². The maximum Gasteiger partial charge on any atom is 0.303 e. The van der Waals surface area contributed by atoms with Crippen LogP contribution in [0.3, 0.4) is 0 Å². The Morgan fingerprint density at radius 3 is 1.83 bits per heavy atom. The van der Waals surface area contributed by atoms with Crippen molar-refractivity contribution >= 4 is 11.9 Å². The van der Waals surface area contributed by atoms with E-state index < -0.39 is 42.7 Å². The van der Waals surface area contributed by atoms with Gasteiger partial charge in [0.25, 0.3) is 0 Å². The third kappa shape index (κ3) is 5.44. The number of ether oxygens (including phenoxy) is 2. The zero-order valence-corrected chi connectivity index (χ0v) is 10.8. The molecule has 0 aromatic heterocycles. The van der Waals surface area contributed by atoms with Crippen molar-refractivity contribution in [1.82, 2.24) is 0 Å². The standard InChI is InChI=1S/C11H21NO6/c1-6(4-13)10(17-7(2)15)11(9(12)5-14)18-8(3)16/h6,9-11,13-14H,4-5,12H2,1-3H3/t6?,9?,10-,11?/m1/s1. The summed E-state index contributed by atoms with van der Waals surface area (Å²) in [5, 5.41) is 18.2. The van der Waals surface area contributed by atoms with Crippen LogP contribution in [0.15, 0.2) is 0 Å². The van der Waals surface area contributed by atoms with E-state index in [4.69, 9.17) is 25.4 Å². The summed E-state index contributed by atoms with van der Waals surface area (Å²) >= 11 is 0. The zero-order valence-electron chi connectivity index (χ0n) is 10.8. The topological polar surface area (TPSA) is 119 Å². The van der Waals surface area contributed by atoms with Crippen molar-refractivity contribution in [2.45, 2.75) is 39.0 Å². The normalized spacial score (nSPS) is 17.4. The molecule has 0 aliphatic heterocycles. The first-order valence-corrected chi connectivity index (χ1v) is 5.65. The van der Waals surface area contributed by atoms with Crippen LogP contribution in [-0.2, 0) is 19.1 Å². The Bertz CT molecular complexity index is 255. The predicted octanol–water partition coefficient (Wildman–Crippen LogP) is -1.20. The highest BCUT2D eigenvalue weighted by molar-refractivity contribution is 5.67. The molecule has 106 valence electrons. The Hall–Kier alpha value is -1.18. The molecule has 0 amide bonds. The highest BCUT2D eigenvalue weighted by atomic mass is 16.6. The molecule has 0 aliphatic rings. The van der Waals surface area contributed by atoms with Gasteiger partial charge < -0.3 is 25.4 Å². The molecule has 0 spiro atoms. The number of carbonyl (C=O) groups is 2. The number of hydrogen-bond acceptors (Lipinski definition) is 7. The van der Waals surface area contributed by atoms with Gasteiger partial charge >= 0.3 is 11.9 Å². The summed E-state index contributed by atoms with van der Waals surface area (Å²) in [6, 6.07) is -0.896. The second-order valence-corrected chi connectivity index (χ2v) is 4.15. The second kappa shape index (κ2) is 8.02. The van der Waals surface area contributed by atoms with E-state index in [9.17, 15) is 9.59 Å². The smallest absolute Gasteiger partial charge is 0.303 e. The maximum absolute atomic E-state index is 11.0. The SMILES string of the molecule is CC(=O)OC(C(N)CO)[C@H](OC(C)=O)C(C)CO. The molecule has 7 heteroatoms. The van der Waals surface area contributed by atoms with Crippen molar-refractivity contribution < 1.29 is 29.3 Å². The van der Waals surface area contributed by atoms with E-state index in [0.717, 1.165) is 0 Å². The number of aliphatic hydroxyl groups excluding tert-OH is 2. The molecule has 4 atom stereocenters. The largest absolute Gasteiger partial charge is 0.458 e. The number of rotatable bonds is 7. The fourth-order valence-electron chi connectivity index (χ4n) is 1.50. The number of esters is 2. The summed E-state index contributed by atoms with van der Waals surface area (Å²) in [5.41, 5.74) is 5.63. The summed E-state index contributed by atoms with van der Waals surface area (Å²) in [6.07, 6.45) is -1.91. The maximum atomic E-state index is 11.0. The first-order chi connectivity index (χ1) is 8.33.